The molecule has 1 fully saturated rings. The average molecular weight is 252 g/mol. The van der Waals surface area contributed by atoms with Gasteiger partial charge in [0.05, 0.1) is 0 Å². The van der Waals surface area contributed by atoms with Crippen molar-refractivity contribution >= 4 is 11.6 Å². The summed E-state index contributed by atoms with van der Waals surface area (Å²) in [5, 5.41) is 4.41. The maximum Gasteiger partial charge on any atom is 0.0406 e. The van der Waals surface area contributed by atoms with Crippen LogP contribution >= 0.6 is 11.6 Å². The van der Waals surface area contributed by atoms with Crippen LogP contribution in [0, 0.1) is 5.92 Å². The summed E-state index contributed by atoms with van der Waals surface area (Å²) in [6.07, 6.45) is 8.26. The van der Waals surface area contributed by atoms with Crippen molar-refractivity contribution in [3.8, 4) is 0 Å². The topological polar surface area (TPSA) is 12.0 Å². The summed E-state index contributed by atoms with van der Waals surface area (Å²) in [5.74, 6) is 0.925. The quantitative estimate of drug-likeness (QED) is 0.779. The van der Waals surface area contributed by atoms with Crippen LogP contribution in [-0.2, 0) is 6.42 Å². The predicted molar refractivity (Wildman–Crippen MR) is 74.6 cm³/mol. The molecule has 2 heteroatoms. The standard InChI is InChI=1S/C15H22ClN/c16-15-8-6-13(7-9-15)10-11-17-12-14-4-2-1-3-5-14/h6-9,14,17H,1-5,10-12H2. The molecular weight excluding hydrogens is 230 g/mol. The number of hydrogen-bond acceptors (Lipinski definition) is 1. The van der Waals surface area contributed by atoms with Gasteiger partial charge < -0.3 is 5.32 Å². The summed E-state index contributed by atoms with van der Waals surface area (Å²) in [5.41, 5.74) is 1.37. The van der Waals surface area contributed by atoms with Crippen molar-refractivity contribution in [2.24, 2.45) is 5.92 Å². The third kappa shape index (κ3) is 4.69. The summed E-state index contributed by atoms with van der Waals surface area (Å²) in [4.78, 5) is 0. The lowest BCUT2D eigenvalue weighted by Crippen LogP contribution is -2.26. The van der Waals surface area contributed by atoms with Crippen molar-refractivity contribution in [2.75, 3.05) is 13.1 Å². The van der Waals surface area contributed by atoms with Gasteiger partial charge in [-0.25, -0.2) is 0 Å². The van der Waals surface area contributed by atoms with Gasteiger partial charge in [0.15, 0.2) is 0 Å². The van der Waals surface area contributed by atoms with Gasteiger partial charge in [0.2, 0.25) is 0 Å². The molecule has 17 heavy (non-hydrogen) atoms. The second kappa shape index (κ2) is 7.03. The van der Waals surface area contributed by atoms with E-state index in [1.54, 1.807) is 0 Å². The monoisotopic (exact) mass is 251 g/mol. The zero-order chi connectivity index (χ0) is 11.9. The average Bonchev–Trinajstić information content (AvgIpc) is 2.38. The molecule has 0 unspecified atom stereocenters. The smallest absolute Gasteiger partial charge is 0.0406 e. The third-order valence-corrected chi connectivity index (χ3v) is 3.91. The molecule has 1 aromatic carbocycles. The molecule has 1 aliphatic rings. The van der Waals surface area contributed by atoms with Crippen LogP contribution in [0.1, 0.15) is 37.7 Å². The second-order valence-electron chi connectivity index (χ2n) is 5.08. The number of rotatable bonds is 5. The maximum absolute atomic E-state index is 5.86. The molecular formula is C15H22ClN. The van der Waals surface area contributed by atoms with E-state index in [1.807, 2.05) is 12.1 Å². The first-order valence-corrected chi connectivity index (χ1v) is 7.17. The van der Waals surface area contributed by atoms with Gasteiger partial charge in [0, 0.05) is 5.02 Å². The molecule has 0 aliphatic heterocycles. The van der Waals surface area contributed by atoms with Crippen molar-refractivity contribution in [3.05, 3.63) is 34.9 Å². The molecule has 1 aromatic rings. The highest BCUT2D eigenvalue weighted by atomic mass is 35.5. The van der Waals surface area contributed by atoms with E-state index in [0.29, 0.717) is 0 Å². The molecule has 0 radical (unpaired) electrons. The normalized spacial score (nSPS) is 17.2. The fraction of sp³-hybridized carbons (Fsp3) is 0.600. The van der Waals surface area contributed by atoms with Crippen molar-refractivity contribution in [1.82, 2.24) is 5.32 Å². The Morgan fingerprint density at radius 1 is 1.06 bits per heavy atom. The van der Waals surface area contributed by atoms with Gasteiger partial charge in [-0.15, -0.1) is 0 Å². The van der Waals surface area contributed by atoms with Crippen LogP contribution in [-0.4, -0.2) is 13.1 Å². The fourth-order valence-corrected chi connectivity index (χ4v) is 2.71. The zero-order valence-electron chi connectivity index (χ0n) is 10.4. The van der Waals surface area contributed by atoms with E-state index in [1.165, 1.54) is 44.2 Å². The SMILES string of the molecule is Clc1ccc(CCNCC2CCCCC2)cc1. The number of benzene rings is 1. The first-order chi connectivity index (χ1) is 8.34. The Balaban J connectivity index is 1.60. The summed E-state index contributed by atoms with van der Waals surface area (Å²) in [6.45, 7) is 2.28. The molecule has 1 N–H and O–H groups in total. The van der Waals surface area contributed by atoms with Gasteiger partial charge in [0.1, 0.15) is 0 Å². The minimum Gasteiger partial charge on any atom is -0.316 e. The van der Waals surface area contributed by atoms with E-state index in [0.717, 1.165) is 23.9 Å². The molecule has 0 bridgehead atoms. The van der Waals surface area contributed by atoms with Crippen LogP contribution < -0.4 is 5.32 Å². The van der Waals surface area contributed by atoms with E-state index in [2.05, 4.69) is 17.4 Å². The Labute approximate surface area is 110 Å². The van der Waals surface area contributed by atoms with Crippen LogP contribution in [0.4, 0.5) is 0 Å². The van der Waals surface area contributed by atoms with Crippen LogP contribution in [0.2, 0.25) is 5.02 Å². The first kappa shape index (κ1) is 12.9. The molecule has 0 atom stereocenters. The third-order valence-electron chi connectivity index (χ3n) is 3.66. The number of hydrogen-bond donors (Lipinski definition) is 1. The lowest BCUT2D eigenvalue weighted by molar-refractivity contribution is 0.343. The molecule has 0 heterocycles. The van der Waals surface area contributed by atoms with Crippen LogP contribution in [0.3, 0.4) is 0 Å². The van der Waals surface area contributed by atoms with E-state index in [9.17, 15) is 0 Å². The van der Waals surface area contributed by atoms with Crippen molar-refractivity contribution in [1.29, 1.82) is 0 Å². The van der Waals surface area contributed by atoms with Gasteiger partial charge in [-0.2, -0.15) is 0 Å². The Kier molecular flexibility index (Phi) is 5.34. The zero-order valence-corrected chi connectivity index (χ0v) is 11.2. The molecule has 0 saturated heterocycles. The van der Waals surface area contributed by atoms with E-state index >= 15 is 0 Å². The molecule has 2 rings (SSSR count). The van der Waals surface area contributed by atoms with E-state index in [4.69, 9.17) is 11.6 Å². The van der Waals surface area contributed by atoms with Crippen molar-refractivity contribution in [2.45, 2.75) is 38.5 Å². The predicted octanol–water partition coefficient (Wildman–Crippen LogP) is 4.05. The largest absolute Gasteiger partial charge is 0.316 e. The number of halogens is 1. The highest BCUT2D eigenvalue weighted by Crippen LogP contribution is 2.22. The summed E-state index contributed by atoms with van der Waals surface area (Å²) >= 11 is 5.86. The number of nitrogens with one attached hydrogen (secondary N) is 1. The fourth-order valence-electron chi connectivity index (χ4n) is 2.58. The molecule has 1 saturated carbocycles. The van der Waals surface area contributed by atoms with E-state index in [-0.39, 0.29) is 0 Å². The molecule has 94 valence electrons. The van der Waals surface area contributed by atoms with Crippen LogP contribution in [0.25, 0.3) is 0 Å². The molecule has 1 nitrogen and oxygen atoms in total. The van der Waals surface area contributed by atoms with Gasteiger partial charge in [-0.1, -0.05) is 43.0 Å². The Morgan fingerprint density at radius 3 is 2.47 bits per heavy atom. The maximum atomic E-state index is 5.86. The molecule has 0 spiro atoms. The lowest BCUT2D eigenvalue weighted by Gasteiger charge is -2.21. The van der Waals surface area contributed by atoms with Gasteiger partial charge >= 0.3 is 0 Å². The Bertz CT molecular complexity index is 314. The Morgan fingerprint density at radius 2 is 1.76 bits per heavy atom. The molecule has 0 aromatic heterocycles. The van der Waals surface area contributed by atoms with Gasteiger partial charge in [-0.05, 0) is 56.0 Å². The minimum absolute atomic E-state index is 0.823. The van der Waals surface area contributed by atoms with Gasteiger partial charge in [-0.3, -0.25) is 0 Å². The minimum atomic E-state index is 0.823. The second-order valence-corrected chi connectivity index (χ2v) is 5.52. The highest BCUT2D eigenvalue weighted by Gasteiger charge is 2.12. The summed E-state index contributed by atoms with van der Waals surface area (Å²) in [7, 11) is 0. The van der Waals surface area contributed by atoms with Crippen LogP contribution in [0.5, 0.6) is 0 Å². The van der Waals surface area contributed by atoms with E-state index < -0.39 is 0 Å². The Hall–Kier alpha value is -0.530. The van der Waals surface area contributed by atoms with Crippen LogP contribution in [0.15, 0.2) is 24.3 Å². The molecule has 0 amide bonds. The summed E-state index contributed by atoms with van der Waals surface area (Å²) in [6, 6.07) is 8.17. The van der Waals surface area contributed by atoms with Gasteiger partial charge in [0.25, 0.3) is 0 Å². The van der Waals surface area contributed by atoms with Crippen molar-refractivity contribution < 1.29 is 0 Å². The lowest BCUT2D eigenvalue weighted by atomic mass is 9.89. The van der Waals surface area contributed by atoms with Crippen molar-refractivity contribution in [3.63, 3.8) is 0 Å². The summed E-state index contributed by atoms with van der Waals surface area (Å²) < 4.78 is 0. The molecule has 1 aliphatic carbocycles. The first-order valence-electron chi connectivity index (χ1n) is 6.80. The highest BCUT2D eigenvalue weighted by molar-refractivity contribution is 6.30.